The zero-order valence-electron chi connectivity index (χ0n) is 18.3. The van der Waals surface area contributed by atoms with Crippen LogP contribution in [0, 0.1) is 0 Å². The summed E-state index contributed by atoms with van der Waals surface area (Å²) in [6.07, 6.45) is 5.72. The number of amides is 2. The molecule has 2 aromatic carbocycles. The number of ether oxygens (including phenoxy) is 1. The summed E-state index contributed by atoms with van der Waals surface area (Å²) in [7, 11) is 1.60. The van der Waals surface area contributed by atoms with Crippen LogP contribution in [0.4, 0.5) is 5.69 Å². The molecule has 3 rings (SSSR count). The zero-order chi connectivity index (χ0) is 22.8. The van der Waals surface area contributed by atoms with E-state index >= 15 is 0 Å². The predicted octanol–water partition coefficient (Wildman–Crippen LogP) is 4.33. The molecular formula is C26H27N3O3. The van der Waals surface area contributed by atoms with Gasteiger partial charge in [-0.15, -0.1) is 0 Å². The first-order valence-corrected chi connectivity index (χ1v) is 10.5. The molecule has 0 aliphatic heterocycles. The number of carbonyl (C=O) groups is 2. The molecule has 1 heterocycles. The van der Waals surface area contributed by atoms with E-state index in [2.05, 4.69) is 10.3 Å². The summed E-state index contributed by atoms with van der Waals surface area (Å²) in [5.41, 5.74) is 3.55. The van der Waals surface area contributed by atoms with Crippen LogP contribution >= 0.6 is 0 Å². The first-order valence-electron chi connectivity index (χ1n) is 10.5. The Labute approximate surface area is 188 Å². The summed E-state index contributed by atoms with van der Waals surface area (Å²) in [6, 6.07) is 20.8. The highest BCUT2D eigenvalue weighted by atomic mass is 16.5. The number of anilines is 1. The summed E-state index contributed by atoms with van der Waals surface area (Å²) >= 11 is 0. The lowest BCUT2D eigenvalue weighted by Crippen LogP contribution is -2.34. The van der Waals surface area contributed by atoms with E-state index in [0.29, 0.717) is 6.61 Å². The van der Waals surface area contributed by atoms with Crippen LogP contribution in [0.1, 0.15) is 23.7 Å². The molecule has 0 fully saturated rings. The maximum atomic E-state index is 12.4. The Bertz CT molecular complexity index is 1060. The highest BCUT2D eigenvalue weighted by Gasteiger charge is 2.12. The third kappa shape index (κ3) is 6.80. The number of para-hydroxylation sites is 1. The second-order valence-electron chi connectivity index (χ2n) is 7.27. The number of aromatic nitrogens is 1. The van der Waals surface area contributed by atoms with Crippen molar-refractivity contribution in [1.29, 1.82) is 0 Å². The molecule has 0 unspecified atom stereocenters. The largest absolute Gasteiger partial charge is 0.487 e. The first-order chi connectivity index (χ1) is 15.5. The van der Waals surface area contributed by atoms with Gasteiger partial charge in [0.1, 0.15) is 12.4 Å². The number of carbonyl (C=O) groups excluding carboxylic acids is 2. The van der Waals surface area contributed by atoms with Gasteiger partial charge < -0.3 is 15.0 Å². The molecule has 0 saturated heterocycles. The molecule has 2 amide bonds. The van der Waals surface area contributed by atoms with Crippen molar-refractivity contribution in [3.05, 3.63) is 95.8 Å². The Morgan fingerprint density at radius 3 is 2.50 bits per heavy atom. The highest BCUT2D eigenvalue weighted by Crippen LogP contribution is 2.16. The quantitative estimate of drug-likeness (QED) is 0.514. The maximum Gasteiger partial charge on any atom is 0.246 e. The van der Waals surface area contributed by atoms with Crippen LogP contribution < -0.4 is 10.1 Å². The van der Waals surface area contributed by atoms with E-state index in [1.165, 1.54) is 11.0 Å². The molecule has 0 aliphatic rings. The minimum atomic E-state index is -0.251. The number of pyridine rings is 1. The second-order valence-corrected chi connectivity index (χ2v) is 7.27. The van der Waals surface area contributed by atoms with Crippen molar-refractivity contribution < 1.29 is 14.3 Å². The highest BCUT2D eigenvalue weighted by molar-refractivity contribution is 5.98. The number of hydrogen-bond donors (Lipinski definition) is 1. The van der Waals surface area contributed by atoms with Gasteiger partial charge in [-0.3, -0.25) is 14.6 Å². The van der Waals surface area contributed by atoms with Crippen molar-refractivity contribution in [2.24, 2.45) is 0 Å². The standard InChI is InChI=1S/C26H27N3O3/c1-3-21-8-4-5-10-24(21)28-25(30)18-29(2)26(31)16-13-20-11-14-23(15-12-20)32-19-22-9-6-7-17-27-22/h4-17H,3,18-19H2,1-2H3,(H,28,30). The number of hydrogen-bond acceptors (Lipinski definition) is 4. The fraction of sp³-hybridized carbons (Fsp3) is 0.192. The third-order valence-corrected chi connectivity index (χ3v) is 4.84. The van der Waals surface area contributed by atoms with Crippen LogP contribution in [-0.4, -0.2) is 35.3 Å². The molecule has 32 heavy (non-hydrogen) atoms. The first kappa shape index (κ1) is 22.7. The van der Waals surface area contributed by atoms with Gasteiger partial charge in [-0.2, -0.15) is 0 Å². The monoisotopic (exact) mass is 429 g/mol. The average molecular weight is 430 g/mol. The van der Waals surface area contributed by atoms with Crippen molar-refractivity contribution in [2.45, 2.75) is 20.0 Å². The Morgan fingerprint density at radius 2 is 1.78 bits per heavy atom. The molecule has 1 N–H and O–H groups in total. The molecule has 0 atom stereocenters. The van der Waals surface area contributed by atoms with Gasteiger partial charge in [0.05, 0.1) is 12.2 Å². The summed E-state index contributed by atoms with van der Waals surface area (Å²) in [5, 5.41) is 2.88. The molecule has 6 heteroatoms. The van der Waals surface area contributed by atoms with E-state index in [4.69, 9.17) is 4.74 Å². The van der Waals surface area contributed by atoms with Crippen molar-refractivity contribution in [3.8, 4) is 5.75 Å². The molecule has 164 valence electrons. The van der Waals surface area contributed by atoms with E-state index in [1.54, 1.807) is 19.3 Å². The van der Waals surface area contributed by atoms with Crippen molar-refractivity contribution in [1.82, 2.24) is 9.88 Å². The molecule has 3 aromatic rings. The van der Waals surface area contributed by atoms with Gasteiger partial charge in [-0.25, -0.2) is 0 Å². The molecule has 0 bridgehead atoms. The summed E-state index contributed by atoms with van der Waals surface area (Å²) in [5.74, 6) is 0.240. The minimum absolute atomic E-state index is 0.0263. The molecule has 1 aromatic heterocycles. The average Bonchev–Trinajstić information content (AvgIpc) is 2.82. The second kappa shape index (κ2) is 11.5. The number of nitrogens with zero attached hydrogens (tertiary/aromatic N) is 2. The lowest BCUT2D eigenvalue weighted by atomic mass is 10.1. The Kier molecular flexibility index (Phi) is 8.15. The SMILES string of the molecule is CCc1ccccc1NC(=O)CN(C)C(=O)C=Cc1ccc(OCc2ccccn2)cc1. The molecule has 6 nitrogen and oxygen atoms in total. The van der Waals surface area contributed by atoms with E-state index in [-0.39, 0.29) is 18.4 Å². The van der Waals surface area contributed by atoms with Crippen molar-refractivity contribution >= 4 is 23.6 Å². The number of aryl methyl sites for hydroxylation is 1. The Hall–Kier alpha value is -3.93. The smallest absolute Gasteiger partial charge is 0.246 e. The number of benzene rings is 2. The molecule has 0 radical (unpaired) electrons. The van der Waals surface area contributed by atoms with Crippen LogP contribution in [0.3, 0.4) is 0 Å². The number of rotatable bonds is 9. The predicted molar refractivity (Wildman–Crippen MR) is 126 cm³/mol. The van der Waals surface area contributed by atoms with Gasteiger partial charge in [-0.05, 0) is 54.0 Å². The molecule has 0 spiro atoms. The van der Waals surface area contributed by atoms with E-state index in [0.717, 1.165) is 34.7 Å². The van der Waals surface area contributed by atoms with E-state index in [1.807, 2.05) is 73.7 Å². The summed E-state index contributed by atoms with van der Waals surface area (Å²) in [4.78, 5) is 30.3. The van der Waals surface area contributed by atoms with Gasteiger partial charge in [0.15, 0.2) is 0 Å². The van der Waals surface area contributed by atoms with Gasteiger partial charge in [0.25, 0.3) is 0 Å². The van der Waals surface area contributed by atoms with Crippen LogP contribution in [-0.2, 0) is 22.6 Å². The van der Waals surface area contributed by atoms with Gasteiger partial charge in [0, 0.05) is 25.0 Å². The van der Waals surface area contributed by atoms with Crippen LogP contribution in [0.25, 0.3) is 6.08 Å². The molecule has 0 aliphatic carbocycles. The Balaban J connectivity index is 1.48. The van der Waals surface area contributed by atoms with E-state index < -0.39 is 0 Å². The van der Waals surface area contributed by atoms with Gasteiger partial charge in [0.2, 0.25) is 11.8 Å². The topological polar surface area (TPSA) is 71.5 Å². The number of nitrogens with one attached hydrogen (secondary N) is 1. The fourth-order valence-electron chi connectivity index (χ4n) is 3.04. The normalized spacial score (nSPS) is 10.7. The fourth-order valence-corrected chi connectivity index (χ4v) is 3.04. The molecule has 0 saturated carbocycles. The minimum Gasteiger partial charge on any atom is -0.487 e. The lowest BCUT2D eigenvalue weighted by Gasteiger charge is -2.16. The van der Waals surface area contributed by atoms with Gasteiger partial charge in [-0.1, -0.05) is 43.3 Å². The Morgan fingerprint density at radius 1 is 1.03 bits per heavy atom. The molecular weight excluding hydrogens is 402 g/mol. The van der Waals surface area contributed by atoms with Crippen molar-refractivity contribution in [3.63, 3.8) is 0 Å². The van der Waals surface area contributed by atoms with Crippen LogP contribution in [0.15, 0.2) is 79.0 Å². The van der Waals surface area contributed by atoms with Crippen LogP contribution in [0.5, 0.6) is 5.75 Å². The third-order valence-electron chi connectivity index (χ3n) is 4.84. The lowest BCUT2D eigenvalue weighted by molar-refractivity contribution is -0.129. The number of likely N-dealkylation sites (N-methyl/N-ethyl adjacent to an activating group) is 1. The van der Waals surface area contributed by atoms with Gasteiger partial charge >= 0.3 is 0 Å². The summed E-state index contributed by atoms with van der Waals surface area (Å²) < 4.78 is 5.71. The zero-order valence-corrected chi connectivity index (χ0v) is 18.3. The maximum absolute atomic E-state index is 12.4. The van der Waals surface area contributed by atoms with Crippen LogP contribution in [0.2, 0.25) is 0 Å². The summed E-state index contributed by atoms with van der Waals surface area (Å²) in [6.45, 7) is 2.40. The van der Waals surface area contributed by atoms with Crippen molar-refractivity contribution in [2.75, 3.05) is 18.9 Å². The van der Waals surface area contributed by atoms with E-state index in [9.17, 15) is 9.59 Å².